The molecule has 9 heteroatoms. The third-order valence-corrected chi connectivity index (χ3v) is 5.16. The van der Waals surface area contributed by atoms with Gasteiger partial charge >= 0.3 is 0 Å². The summed E-state index contributed by atoms with van der Waals surface area (Å²) in [4.78, 5) is 14.5. The third-order valence-electron chi connectivity index (χ3n) is 4.02. The molecule has 0 radical (unpaired) electrons. The Labute approximate surface area is 135 Å². The SMILES string of the molecule is Cc1nc(NCC2(CS(C)(=O)=O)CCOCC2)ccc1[N+](=O)[O-]. The maximum atomic E-state index is 11.7. The molecule has 128 valence electrons. The van der Waals surface area contributed by atoms with Crippen molar-refractivity contribution in [3.8, 4) is 0 Å². The number of ether oxygens (including phenoxy) is 1. The van der Waals surface area contributed by atoms with Crippen LogP contribution in [0.1, 0.15) is 18.5 Å². The summed E-state index contributed by atoms with van der Waals surface area (Å²) in [5.74, 6) is 0.593. The Morgan fingerprint density at radius 1 is 1.39 bits per heavy atom. The van der Waals surface area contributed by atoms with Crippen molar-refractivity contribution in [1.29, 1.82) is 0 Å². The van der Waals surface area contributed by atoms with Gasteiger partial charge in [0.2, 0.25) is 0 Å². The molecule has 2 rings (SSSR count). The molecular formula is C14H21N3O5S. The maximum Gasteiger partial charge on any atom is 0.290 e. The van der Waals surface area contributed by atoms with E-state index in [-0.39, 0.29) is 11.4 Å². The van der Waals surface area contributed by atoms with Crippen LogP contribution < -0.4 is 5.32 Å². The van der Waals surface area contributed by atoms with E-state index in [9.17, 15) is 18.5 Å². The molecule has 0 aliphatic carbocycles. The highest BCUT2D eigenvalue weighted by atomic mass is 32.2. The highest BCUT2D eigenvalue weighted by Gasteiger charge is 2.36. The topological polar surface area (TPSA) is 111 Å². The summed E-state index contributed by atoms with van der Waals surface area (Å²) in [6.45, 7) is 3.07. The largest absolute Gasteiger partial charge is 0.381 e. The molecule has 1 fully saturated rings. The van der Waals surface area contributed by atoms with Crippen LogP contribution >= 0.6 is 0 Å². The Hall–Kier alpha value is -1.74. The van der Waals surface area contributed by atoms with Gasteiger partial charge in [0, 0.05) is 37.5 Å². The Balaban J connectivity index is 2.12. The number of aromatic nitrogens is 1. The fourth-order valence-corrected chi connectivity index (χ4v) is 4.36. The van der Waals surface area contributed by atoms with E-state index in [1.54, 1.807) is 13.0 Å². The predicted octanol–water partition coefficient (Wildman–Crippen LogP) is 1.55. The first-order valence-corrected chi connectivity index (χ1v) is 9.38. The van der Waals surface area contributed by atoms with Crippen LogP contribution in [0.4, 0.5) is 11.5 Å². The van der Waals surface area contributed by atoms with Gasteiger partial charge in [-0.15, -0.1) is 0 Å². The van der Waals surface area contributed by atoms with Crippen molar-refractivity contribution in [2.75, 3.05) is 37.1 Å². The molecule has 8 nitrogen and oxygen atoms in total. The van der Waals surface area contributed by atoms with E-state index in [2.05, 4.69) is 10.3 Å². The summed E-state index contributed by atoms with van der Waals surface area (Å²) in [6, 6.07) is 2.94. The van der Waals surface area contributed by atoms with Crippen LogP contribution in [0.3, 0.4) is 0 Å². The molecule has 0 spiro atoms. The minimum Gasteiger partial charge on any atom is -0.381 e. The van der Waals surface area contributed by atoms with E-state index in [4.69, 9.17) is 4.74 Å². The van der Waals surface area contributed by atoms with Crippen LogP contribution in [0.5, 0.6) is 0 Å². The van der Waals surface area contributed by atoms with Crippen molar-refractivity contribution >= 4 is 21.3 Å². The second-order valence-corrected chi connectivity index (χ2v) is 8.23. The first-order valence-electron chi connectivity index (χ1n) is 7.32. The summed E-state index contributed by atoms with van der Waals surface area (Å²) >= 11 is 0. The van der Waals surface area contributed by atoms with Gasteiger partial charge in [0.05, 0.1) is 10.7 Å². The molecule has 2 heterocycles. The second kappa shape index (κ2) is 6.79. The number of pyridine rings is 1. The van der Waals surface area contributed by atoms with E-state index < -0.39 is 20.2 Å². The fraction of sp³-hybridized carbons (Fsp3) is 0.643. The second-order valence-electron chi connectivity index (χ2n) is 6.09. The van der Waals surface area contributed by atoms with Crippen LogP contribution in [0.15, 0.2) is 12.1 Å². The number of aryl methyl sites for hydroxylation is 1. The first-order chi connectivity index (χ1) is 10.7. The van der Waals surface area contributed by atoms with E-state index in [1.165, 1.54) is 12.3 Å². The minimum absolute atomic E-state index is 0.0348. The Kier molecular flexibility index (Phi) is 5.20. The number of nitrogens with one attached hydrogen (secondary N) is 1. The quantitative estimate of drug-likeness (QED) is 0.616. The number of nitrogens with zero attached hydrogens (tertiary/aromatic N) is 2. The van der Waals surface area contributed by atoms with Crippen LogP contribution in [-0.2, 0) is 14.6 Å². The lowest BCUT2D eigenvalue weighted by Gasteiger charge is -2.36. The highest BCUT2D eigenvalue weighted by molar-refractivity contribution is 7.90. The molecule has 0 bridgehead atoms. The van der Waals surface area contributed by atoms with Gasteiger partial charge in [0.15, 0.2) is 0 Å². The van der Waals surface area contributed by atoms with Crippen LogP contribution in [0.25, 0.3) is 0 Å². The zero-order valence-corrected chi connectivity index (χ0v) is 14.1. The lowest BCUT2D eigenvalue weighted by molar-refractivity contribution is -0.385. The van der Waals surface area contributed by atoms with Crippen LogP contribution in [0.2, 0.25) is 0 Å². The molecule has 1 aliphatic heterocycles. The molecule has 0 aromatic carbocycles. The molecule has 1 aromatic rings. The lowest BCUT2D eigenvalue weighted by atomic mass is 9.82. The monoisotopic (exact) mass is 343 g/mol. The van der Waals surface area contributed by atoms with E-state index in [1.807, 2.05) is 0 Å². The molecule has 23 heavy (non-hydrogen) atoms. The zero-order valence-electron chi connectivity index (χ0n) is 13.2. The minimum atomic E-state index is -3.12. The van der Waals surface area contributed by atoms with Gasteiger partial charge in [-0.2, -0.15) is 0 Å². The summed E-state index contributed by atoms with van der Waals surface area (Å²) in [5.41, 5.74) is -0.111. The lowest BCUT2D eigenvalue weighted by Crippen LogP contribution is -2.41. The Morgan fingerprint density at radius 2 is 2.04 bits per heavy atom. The van der Waals surface area contributed by atoms with Crippen LogP contribution in [0, 0.1) is 22.5 Å². The number of sulfone groups is 1. The summed E-state index contributed by atoms with van der Waals surface area (Å²) in [5, 5.41) is 13.9. The number of rotatable bonds is 6. The van der Waals surface area contributed by atoms with Gasteiger partial charge in [0.25, 0.3) is 5.69 Å². The number of hydrogen-bond donors (Lipinski definition) is 1. The number of nitro groups is 1. The van der Waals surface area contributed by atoms with Crippen molar-refractivity contribution in [3.05, 3.63) is 27.9 Å². The molecule has 1 N–H and O–H groups in total. The zero-order chi connectivity index (χ0) is 17.1. The maximum absolute atomic E-state index is 11.7. The van der Waals surface area contributed by atoms with Gasteiger partial charge in [-0.1, -0.05) is 0 Å². The molecular weight excluding hydrogens is 322 g/mol. The number of anilines is 1. The molecule has 1 saturated heterocycles. The van der Waals surface area contributed by atoms with Gasteiger partial charge in [-0.05, 0) is 25.8 Å². The fourth-order valence-electron chi connectivity index (χ4n) is 2.86. The molecule has 0 amide bonds. The van der Waals surface area contributed by atoms with Gasteiger partial charge in [0.1, 0.15) is 21.3 Å². The standard InChI is InChI=1S/C14H21N3O5S/c1-11-12(17(18)19)3-4-13(16-11)15-9-14(10-23(2,20)21)5-7-22-8-6-14/h3-4H,5-10H2,1-2H3,(H,15,16). The molecule has 1 aromatic heterocycles. The summed E-state index contributed by atoms with van der Waals surface area (Å²) in [7, 11) is -3.12. The van der Waals surface area contributed by atoms with Crippen LogP contribution in [-0.4, -0.2) is 50.1 Å². The van der Waals surface area contributed by atoms with Crippen molar-refractivity contribution in [2.45, 2.75) is 19.8 Å². The smallest absolute Gasteiger partial charge is 0.290 e. The average molecular weight is 343 g/mol. The predicted molar refractivity (Wildman–Crippen MR) is 86.3 cm³/mol. The van der Waals surface area contributed by atoms with Gasteiger partial charge < -0.3 is 10.1 Å². The average Bonchev–Trinajstić information content (AvgIpc) is 2.44. The Morgan fingerprint density at radius 3 is 2.57 bits per heavy atom. The first kappa shape index (κ1) is 17.6. The van der Waals surface area contributed by atoms with E-state index in [0.717, 1.165) is 0 Å². The number of hydrogen-bond acceptors (Lipinski definition) is 7. The summed E-state index contributed by atoms with van der Waals surface area (Å²) in [6.07, 6.45) is 2.54. The van der Waals surface area contributed by atoms with Crippen molar-refractivity contribution in [3.63, 3.8) is 0 Å². The molecule has 0 saturated carbocycles. The molecule has 0 unspecified atom stereocenters. The summed E-state index contributed by atoms with van der Waals surface area (Å²) < 4.78 is 28.8. The van der Waals surface area contributed by atoms with Crippen molar-refractivity contribution in [1.82, 2.24) is 4.98 Å². The van der Waals surface area contributed by atoms with Gasteiger partial charge in [-0.25, -0.2) is 13.4 Å². The highest BCUT2D eigenvalue weighted by Crippen LogP contribution is 2.32. The third kappa shape index (κ3) is 4.87. The van der Waals surface area contributed by atoms with Crippen molar-refractivity contribution < 1.29 is 18.1 Å². The molecule has 1 aliphatic rings. The van der Waals surface area contributed by atoms with Crippen molar-refractivity contribution in [2.24, 2.45) is 5.41 Å². The normalized spacial score (nSPS) is 17.7. The van der Waals surface area contributed by atoms with E-state index in [0.29, 0.717) is 44.1 Å². The van der Waals surface area contributed by atoms with Gasteiger partial charge in [-0.3, -0.25) is 10.1 Å². The Bertz CT molecular complexity index is 684. The van der Waals surface area contributed by atoms with E-state index >= 15 is 0 Å². The molecule has 0 atom stereocenters.